The van der Waals surface area contributed by atoms with Gasteiger partial charge in [-0.2, -0.15) is 0 Å². The van der Waals surface area contributed by atoms with Gasteiger partial charge >= 0.3 is 0 Å². The minimum atomic E-state index is -0.464. The van der Waals surface area contributed by atoms with Gasteiger partial charge in [0.25, 0.3) is 0 Å². The fourth-order valence-electron chi connectivity index (χ4n) is 2.82. The molecule has 0 aliphatic heterocycles. The highest BCUT2D eigenvalue weighted by Crippen LogP contribution is 2.16. The van der Waals surface area contributed by atoms with Crippen LogP contribution in [0.4, 0.5) is 0 Å². The Bertz CT molecular complexity index is 742. The van der Waals surface area contributed by atoms with Crippen molar-refractivity contribution >= 4 is 0 Å². The van der Waals surface area contributed by atoms with Gasteiger partial charge in [-0.1, -0.05) is 30.3 Å². The number of hydrogen-bond acceptors (Lipinski definition) is 4. The number of aliphatic hydroxyl groups excluding tert-OH is 1. The van der Waals surface area contributed by atoms with Gasteiger partial charge in [-0.15, -0.1) is 0 Å². The molecule has 2 heterocycles. The summed E-state index contributed by atoms with van der Waals surface area (Å²) in [5.74, 6) is 0.849. The zero-order chi connectivity index (χ0) is 16.8. The van der Waals surface area contributed by atoms with Crippen LogP contribution in [0.1, 0.15) is 5.56 Å². The first-order valence-electron chi connectivity index (χ1n) is 8.04. The van der Waals surface area contributed by atoms with Gasteiger partial charge in [0.1, 0.15) is 5.82 Å². The molecule has 0 aliphatic rings. The highest BCUT2D eigenvalue weighted by molar-refractivity contribution is 5.54. The molecular formula is C19H22N4O. The lowest BCUT2D eigenvalue weighted by molar-refractivity contribution is 0.107. The van der Waals surface area contributed by atoms with Crippen LogP contribution < -0.4 is 0 Å². The SMILES string of the molecule is CN(Cc1ccccc1)CC(O)Cn1ccnc1-c1ccncc1. The van der Waals surface area contributed by atoms with E-state index in [9.17, 15) is 5.11 Å². The van der Waals surface area contributed by atoms with E-state index in [0.29, 0.717) is 13.1 Å². The molecule has 124 valence electrons. The van der Waals surface area contributed by atoms with Gasteiger partial charge < -0.3 is 9.67 Å². The zero-order valence-corrected chi connectivity index (χ0v) is 13.8. The van der Waals surface area contributed by atoms with Crippen molar-refractivity contribution < 1.29 is 5.11 Å². The molecule has 0 fully saturated rings. The maximum atomic E-state index is 10.4. The number of aromatic nitrogens is 3. The van der Waals surface area contributed by atoms with Gasteiger partial charge in [0.15, 0.2) is 0 Å². The summed E-state index contributed by atoms with van der Waals surface area (Å²) >= 11 is 0. The minimum Gasteiger partial charge on any atom is -0.390 e. The van der Waals surface area contributed by atoms with Gasteiger partial charge in [-0.3, -0.25) is 9.88 Å². The summed E-state index contributed by atoms with van der Waals surface area (Å²) < 4.78 is 1.98. The third-order valence-electron chi connectivity index (χ3n) is 3.88. The molecule has 1 aromatic carbocycles. The van der Waals surface area contributed by atoms with Gasteiger partial charge in [0.05, 0.1) is 12.6 Å². The fraction of sp³-hybridized carbons (Fsp3) is 0.263. The molecule has 5 heteroatoms. The smallest absolute Gasteiger partial charge is 0.140 e. The summed E-state index contributed by atoms with van der Waals surface area (Å²) in [4.78, 5) is 10.6. The number of benzene rings is 1. The molecule has 0 bridgehead atoms. The molecule has 0 amide bonds. The summed E-state index contributed by atoms with van der Waals surface area (Å²) in [7, 11) is 2.02. The van der Waals surface area contributed by atoms with Crippen LogP contribution in [0.25, 0.3) is 11.4 Å². The zero-order valence-electron chi connectivity index (χ0n) is 13.8. The number of likely N-dealkylation sites (N-methyl/N-ethyl adjacent to an activating group) is 1. The van der Waals surface area contributed by atoms with Gasteiger partial charge in [-0.25, -0.2) is 4.98 Å². The van der Waals surface area contributed by atoms with Crippen LogP contribution in [0.3, 0.4) is 0 Å². The van der Waals surface area contributed by atoms with Crippen molar-refractivity contribution in [1.29, 1.82) is 0 Å². The van der Waals surface area contributed by atoms with E-state index in [1.54, 1.807) is 18.6 Å². The molecule has 1 atom stereocenters. The number of hydrogen-bond donors (Lipinski definition) is 1. The Kier molecular flexibility index (Phi) is 5.36. The quantitative estimate of drug-likeness (QED) is 0.726. The summed E-state index contributed by atoms with van der Waals surface area (Å²) in [5, 5.41) is 10.4. The van der Waals surface area contributed by atoms with E-state index in [0.717, 1.165) is 17.9 Å². The van der Waals surface area contributed by atoms with Gasteiger partial charge in [0, 0.05) is 43.4 Å². The fourth-order valence-corrected chi connectivity index (χ4v) is 2.82. The molecule has 1 unspecified atom stereocenters. The average Bonchev–Trinajstić information content (AvgIpc) is 3.04. The molecule has 24 heavy (non-hydrogen) atoms. The number of nitrogens with zero attached hydrogens (tertiary/aromatic N) is 4. The van der Waals surface area contributed by atoms with Crippen molar-refractivity contribution in [2.75, 3.05) is 13.6 Å². The Balaban J connectivity index is 1.59. The Hall–Kier alpha value is -2.50. The van der Waals surface area contributed by atoms with Crippen molar-refractivity contribution in [1.82, 2.24) is 19.4 Å². The lowest BCUT2D eigenvalue weighted by Crippen LogP contribution is -2.31. The van der Waals surface area contributed by atoms with E-state index in [2.05, 4.69) is 27.0 Å². The molecule has 5 nitrogen and oxygen atoms in total. The third kappa shape index (κ3) is 4.28. The van der Waals surface area contributed by atoms with Crippen molar-refractivity contribution in [2.24, 2.45) is 0 Å². The highest BCUT2D eigenvalue weighted by atomic mass is 16.3. The monoisotopic (exact) mass is 322 g/mol. The first kappa shape index (κ1) is 16.4. The normalized spacial score (nSPS) is 12.5. The molecule has 0 saturated heterocycles. The second-order valence-electron chi connectivity index (χ2n) is 5.98. The number of pyridine rings is 1. The molecule has 0 spiro atoms. The van der Waals surface area contributed by atoms with Crippen LogP contribution in [0.5, 0.6) is 0 Å². The number of rotatable bonds is 7. The standard InChI is InChI=1S/C19H22N4O/c1-22(13-16-5-3-2-4-6-16)14-18(24)15-23-12-11-21-19(23)17-7-9-20-10-8-17/h2-12,18,24H,13-15H2,1H3. The summed E-state index contributed by atoms with van der Waals surface area (Å²) in [6.07, 6.45) is 6.69. The minimum absolute atomic E-state index is 0.464. The average molecular weight is 322 g/mol. The highest BCUT2D eigenvalue weighted by Gasteiger charge is 2.13. The van der Waals surface area contributed by atoms with E-state index in [4.69, 9.17) is 0 Å². The Morgan fingerprint density at radius 3 is 2.58 bits per heavy atom. The van der Waals surface area contributed by atoms with Crippen molar-refractivity contribution in [3.05, 3.63) is 72.8 Å². The van der Waals surface area contributed by atoms with E-state index < -0.39 is 6.10 Å². The predicted molar refractivity (Wildman–Crippen MR) is 94.2 cm³/mol. The van der Waals surface area contributed by atoms with Crippen LogP contribution >= 0.6 is 0 Å². The Morgan fingerprint density at radius 1 is 1.08 bits per heavy atom. The molecule has 0 radical (unpaired) electrons. The summed E-state index contributed by atoms with van der Waals surface area (Å²) in [5.41, 5.74) is 2.24. The molecule has 2 aromatic heterocycles. The first-order chi connectivity index (χ1) is 11.7. The van der Waals surface area contributed by atoms with Gasteiger partial charge in [-0.05, 0) is 24.7 Å². The molecule has 0 aliphatic carbocycles. The van der Waals surface area contributed by atoms with Crippen LogP contribution in [0.2, 0.25) is 0 Å². The van der Waals surface area contributed by atoms with Crippen molar-refractivity contribution in [2.45, 2.75) is 19.2 Å². The molecule has 3 aromatic rings. The lowest BCUT2D eigenvalue weighted by atomic mass is 10.2. The maximum Gasteiger partial charge on any atom is 0.140 e. The second kappa shape index (κ2) is 7.86. The third-order valence-corrected chi connectivity index (χ3v) is 3.88. The van der Waals surface area contributed by atoms with Crippen LogP contribution in [0, 0.1) is 0 Å². The largest absolute Gasteiger partial charge is 0.390 e. The molecule has 1 N–H and O–H groups in total. The second-order valence-corrected chi connectivity index (χ2v) is 5.98. The van der Waals surface area contributed by atoms with Crippen molar-refractivity contribution in [3.8, 4) is 11.4 Å². The van der Waals surface area contributed by atoms with E-state index >= 15 is 0 Å². The maximum absolute atomic E-state index is 10.4. The van der Waals surface area contributed by atoms with Crippen LogP contribution in [0.15, 0.2) is 67.3 Å². The summed E-state index contributed by atoms with van der Waals surface area (Å²) in [6.45, 7) is 1.93. The number of imidazole rings is 1. The molecule has 0 saturated carbocycles. The van der Waals surface area contributed by atoms with E-state index in [-0.39, 0.29) is 0 Å². The molecular weight excluding hydrogens is 300 g/mol. The molecule has 3 rings (SSSR count). The van der Waals surface area contributed by atoms with E-state index in [1.165, 1.54) is 5.56 Å². The topological polar surface area (TPSA) is 54.2 Å². The first-order valence-corrected chi connectivity index (χ1v) is 8.04. The van der Waals surface area contributed by atoms with Crippen LogP contribution in [-0.2, 0) is 13.1 Å². The van der Waals surface area contributed by atoms with Gasteiger partial charge in [0.2, 0.25) is 0 Å². The lowest BCUT2D eigenvalue weighted by Gasteiger charge is -2.21. The Morgan fingerprint density at radius 2 is 1.83 bits per heavy atom. The van der Waals surface area contributed by atoms with Crippen molar-refractivity contribution in [3.63, 3.8) is 0 Å². The van der Waals surface area contributed by atoms with E-state index in [1.807, 2.05) is 48.1 Å². The van der Waals surface area contributed by atoms with Crippen LogP contribution in [-0.4, -0.2) is 44.2 Å². The summed E-state index contributed by atoms with van der Waals surface area (Å²) in [6, 6.07) is 14.1. The Labute approximate surface area is 142 Å². The number of aliphatic hydroxyl groups is 1. The predicted octanol–water partition coefficient (Wildman–Crippen LogP) is 2.44.